The Morgan fingerprint density at radius 2 is 1.76 bits per heavy atom. The third kappa shape index (κ3) is 3.87. The maximum atomic E-state index is 4.15. The van der Waals surface area contributed by atoms with Gasteiger partial charge in [-0.25, -0.2) is 9.97 Å². The van der Waals surface area contributed by atoms with Crippen molar-refractivity contribution in [1.82, 2.24) is 9.97 Å². The molecule has 0 amide bonds. The normalized spacial score (nSPS) is 12.1. The van der Waals surface area contributed by atoms with E-state index in [-0.39, 0.29) is 0 Å². The Bertz CT molecular complexity index is 428. The van der Waals surface area contributed by atoms with Gasteiger partial charge in [0, 0.05) is 18.4 Å². The second-order valence-electron chi connectivity index (χ2n) is 4.14. The quantitative estimate of drug-likeness (QED) is 0.853. The molecule has 0 spiro atoms. The van der Waals surface area contributed by atoms with Crippen LogP contribution in [0, 0.1) is 0 Å². The summed E-state index contributed by atoms with van der Waals surface area (Å²) in [6, 6.07) is 12.7. The van der Waals surface area contributed by atoms with Crippen molar-refractivity contribution in [1.29, 1.82) is 0 Å². The van der Waals surface area contributed by atoms with E-state index < -0.39 is 0 Å². The molecular formula is C14H17N3. The molecule has 1 aromatic carbocycles. The van der Waals surface area contributed by atoms with E-state index in [0.717, 1.165) is 12.8 Å². The Balaban J connectivity index is 1.80. The van der Waals surface area contributed by atoms with Gasteiger partial charge in [0.2, 0.25) is 5.95 Å². The largest absolute Gasteiger partial charge is 0.352 e. The number of hydrogen-bond donors (Lipinski definition) is 1. The van der Waals surface area contributed by atoms with E-state index in [4.69, 9.17) is 0 Å². The van der Waals surface area contributed by atoms with Crippen LogP contribution in [0.25, 0.3) is 0 Å². The molecule has 1 atom stereocenters. The van der Waals surface area contributed by atoms with Crippen molar-refractivity contribution in [3.8, 4) is 0 Å². The summed E-state index contributed by atoms with van der Waals surface area (Å²) in [5.74, 6) is 0.702. The van der Waals surface area contributed by atoms with Gasteiger partial charge in [-0.3, -0.25) is 0 Å². The summed E-state index contributed by atoms with van der Waals surface area (Å²) in [6.07, 6.45) is 5.64. The monoisotopic (exact) mass is 227 g/mol. The molecule has 3 nitrogen and oxygen atoms in total. The number of rotatable bonds is 5. The Morgan fingerprint density at radius 1 is 1.06 bits per heavy atom. The molecule has 1 unspecified atom stereocenters. The van der Waals surface area contributed by atoms with Gasteiger partial charge in [-0.2, -0.15) is 0 Å². The van der Waals surface area contributed by atoms with Crippen LogP contribution < -0.4 is 5.32 Å². The zero-order chi connectivity index (χ0) is 11.9. The average molecular weight is 227 g/mol. The van der Waals surface area contributed by atoms with Crippen molar-refractivity contribution in [3.63, 3.8) is 0 Å². The number of aromatic nitrogens is 2. The Labute approximate surface area is 102 Å². The molecule has 0 aliphatic rings. The zero-order valence-corrected chi connectivity index (χ0v) is 10.0. The molecule has 3 heteroatoms. The van der Waals surface area contributed by atoms with Crippen LogP contribution in [0.4, 0.5) is 5.95 Å². The van der Waals surface area contributed by atoms with Crippen molar-refractivity contribution in [3.05, 3.63) is 54.4 Å². The minimum absolute atomic E-state index is 0.373. The molecular weight excluding hydrogens is 210 g/mol. The molecule has 0 bridgehead atoms. The lowest BCUT2D eigenvalue weighted by Crippen LogP contribution is -2.17. The minimum atomic E-state index is 0.373. The highest BCUT2D eigenvalue weighted by Gasteiger charge is 2.03. The van der Waals surface area contributed by atoms with Crippen molar-refractivity contribution >= 4 is 5.95 Å². The van der Waals surface area contributed by atoms with E-state index in [1.54, 1.807) is 12.4 Å². The highest BCUT2D eigenvalue weighted by Crippen LogP contribution is 2.07. The molecule has 0 radical (unpaired) electrons. The van der Waals surface area contributed by atoms with Gasteiger partial charge in [-0.05, 0) is 31.4 Å². The molecule has 88 valence electrons. The number of hydrogen-bond acceptors (Lipinski definition) is 3. The molecule has 0 aliphatic heterocycles. The van der Waals surface area contributed by atoms with Crippen molar-refractivity contribution in [2.45, 2.75) is 25.8 Å². The van der Waals surface area contributed by atoms with Gasteiger partial charge < -0.3 is 5.32 Å². The third-order valence-corrected chi connectivity index (χ3v) is 2.65. The number of anilines is 1. The molecule has 0 saturated heterocycles. The number of nitrogens with zero attached hydrogens (tertiary/aromatic N) is 2. The first kappa shape index (κ1) is 11.6. The Hall–Kier alpha value is -1.90. The van der Waals surface area contributed by atoms with Crippen molar-refractivity contribution in [2.24, 2.45) is 0 Å². The predicted molar refractivity (Wildman–Crippen MR) is 69.9 cm³/mol. The van der Waals surface area contributed by atoms with Crippen LogP contribution in [0.5, 0.6) is 0 Å². The lowest BCUT2D eigenvalue weighted by Gasteiger charge is -2.13. The van der Waals surface area contributed by atoms with Gasteiger partial charge in [0.05, 0.1) is 0 Å². The summed E-state index contributed by atoms with van der Waals surface area (Å²) in [7, 11) is 0. The summed E-state index contributed by atoms with van der Waals surface area (Å²) >= 11 is 0. The fourth-order valence-corrected chi connectivity index (χ4v) is 1.69. The molecule has 17 heavy (non-hydrogen) atoms. The maximum Gasteiger partial charge on any atom is 0.222 e. The van der Waals surface area contributed by atoms with Gasteiger partial charge in [0.15, 0.2) is 0 Å². The standard InChI is InChI=1S/C14H17N3/c1-12(17-14-15-10-5-11-16-14)8-9-13-6-3-2-4-7-13/h2-7,10-12H,8-9H2,1H3,(H,15,16,17). The summed E-state index contributed by atoms with van der Waals surface area (Å²) in [5.41, 5.74) is 1.37. The smallest absolute Gasteiger partial charge is 0.222 e. The van der Waals surface area contributed by atoms with E-state index in [2.05, 4.69) is 46.5 Å². The molecule has 1 aromatic heterocycles. The van der Waals surface area contributed by atoms with E-state index in [1.807, 2.05) is 12.1 Å². The van der Waals surface area contributed by atoms with Crippen molar-refractivity contribution in [2.75, 3.05) is 5.32 Å². The lowest BCUT2D eigenvalue weighted by atomic mass is 10.1. The summed E-state index contributed by atoms with van der Waals surface area (Å²) in [6.45, 7) is 2.15. The van der Waals surface area contributed by atoms with Crippen LogP contribution in [0.15, 0.2) is 48.8 Å². The first-order chi connectivity index (χ1) is 8.34. The first-order valence-corrected chi connectivity index (χ1v) is 5.92. The second kappa shape index (κ2) is 5.99. The molecule has 0 saturated carbocycles. The minimum Gasteiger partial charge on any atom is -0.352 e. The van der Waals surface area contributed by atoms with Crippen LogP contribution in [0.3, 0.4) is 0 Å². The van der Waals surface area contributed by atoms with E-state index >= 15 is 0 Å². The van der Waals surface area contributed by atoms with E-state index in [9.17, 15) is 0 Å². The van der Waals surface area contributed by atoms with Crippen molar-refractivity contribution < 1.29 is 0 Å². The Kier molecular flexibility index (Phi) is 4.08. The highest BCUT2D eigenvalue weighted by atomic mass is 15.1. The number of nitrogens with one attached hydrogen (secondary N) is 1. The highest BCUT2D eigenvalue weighted by molar-refractivity contribution is 5.24. The van der Waals surface area contributed by atoms with Crippen LogP contribution in [-0.2, 0) is 6.42 Å². The van der Waals surface area contributed by atoms with Crippen LogP contribution >= 0.6 is 0 Å². The summed E-state index contributed by atoms with van der Waals surface area (Å²) in [4.78, 5) is 8.30. The van der Waals surface area contributed by atoms with Gasteiger partial charge in [-0.15, -0.1) is 0 Å². The van der Waals surface area contributed by atoms with Gasteiger partial charge in [-0.1, -0.05) is 30.3 Å². The number of benzene rings is 1. The zero-order valence-electron chi connectivity index (χ0n) is 10.0. The average Bonchev–Trinajstić information content (AvgIpc) is 2.39. The Morgan fingerprint density at radius 3 is 2.47 bits per heavy atom. The fourth-order valence-electron chi connectivity index (χ4n) is 1.69. The van der Waals surface area contributed by atoms with E-state index in [1.165, 1.54) is 5.56 Å². The van der Waals surface area contributed by atoms with Crippen LogP contribution in [0.1, 0.15) is 18.9 Å². The number of aryl methyl sites for hydroxylation is 1. The van der Waals surface area contributed by atoms with E-state index in [0.29, 0.717) is 12.0 Å². The first-order valence-electron chi connectivity index (χ1n) is 5.92. The van der Waals surface area contributed by atoms with Crippen LogP contribution in [-0.4, -0.2) is 16.0 Å². The molecule has 1 heterocycles. The molecule has 0 fully saturated rings. The predicted octanol–water partition coefficient (Wildman–Crippen LogP) is 2.91. The third-order valence-electron chi connectivity index (χ3n) is 2.65. The fraction of sp³-hybridized carbons (Fsp3) is 0.286. The lowest BCUT2D eigenvalue weighted by molar-refractivity contribution is 0.699. The second-order valence-corrected chi connectivity index (χ2v) is 4.14. The SMILES string of the molecule is CC(CCc1ccccc1)Nc1ncccn1. The van der Waals surface area contributed by atoms with Gasteiger partial charge in [0.25, 0.3) is 0 Å². The van der Waals surface area contributed by atoms with Gasteiger partial charge in [0.1, 0.15) is 0 Å². The summed E-state index contributed by atoms with van der Waals surface area (Å²) in [5, 5.41) is 3.29. The molecule has 2 aromatic rings. The summed E-state index contributed by atoms with van der Waals surface area (Å²) < 4.78 is 0. The maximum absolute atomic E-state index is 4.15. The molecule has 1 N–H and O–H groups in total. The van der Waals surface area contributed by atoms with Crippen LogP contribution in [0.2, 0.25) is 0 Å². The molecule has 2 rings (SSSR count). The topological polar surface area (TPSA) is 37.8 Å². The molecule has 0 aliphatic carbocycles. The van der Waals surface area contributed by atoms with Gasteiger partial charge >= 0.3 is 0 Å².